The molecule has 0 radical (unpaired) electrons. The van der Waals surface area contributed by atoms with E-state index in [2.05, 4.69) is 37.9 Å². The molecular formula is C14H25N5. The van der Waals surface area contributed by atoms with Crippen molar-refractivity contribution in [1.29, 1.82) is 0 Å². The van der Waals surface area contributed by atoms with Gasteiger partial charge in [-0.3, -0.25) is 14.5 Å². The Bertz CT molecular complexity index is 388. The second-order valence-corrected chi connectivity index (χ2v) is 5.60. The van der Waals surface area contributed by atoms with Crippen molar-refractivity contribution in [3.63, 3.8) is 0 Å². The lowest BCUT2D eigenvalue weighted by molar-refractivity contribution is 0.0964. The normalized spacial score (nSPS) is 26.1. The average Bonchev–Trinajstić information content (AvgIpc) is 3.10. The Kier molecular flexibility index (Phi) is 4.15. The van der Waals surface area contributed by atoms with Gasteiger partial charge in [0, 0.05) is 58.1 Å². The van der Waals surface area contributed by atoms with Crippen LogP contribution in [-0.4, -0.2) is 64.9 Å². The van der Waals surface area contributed by atoms with Gasteiger partial charge in [0.15, 0.2) is 0 Å². The summed E-state index contributed by atoms with van der Waals surface area (Å²) in [6.07, 6.45) is 3.24. The smallest absolute Gasteiger partial charge is 0.0524 e. The summed E-state index contributed by atoms with van der Waals surface area (Å²) in [6, 6.07) is 2.93. The van der Waals surface area contributed by atoms with Crippen LogP contribution in [0.3, 0.4) is 0 Å². The molecule has 0 amide bonds. The van der Waals surface area contributed by atoms with E-state index in [-0.39, 0.29) is 0 Å². The minimum absolute atomic E-state index is 0.781. The third kappa shape index (κ3) is 2.99. The van der Waals surface area contributed by atoms with Gasteiger partial charge in [-0.15, -0.1) is 0 Å². The largest absolute Gasteiger partial charge is 0.315 e. The van der Waals surface area contributed by atoms with E-state index in [0.29, 0.717) is 0 Å². The summed E-state index contributed by atoms with van der Waals surface area (Å²) < 4.78 is 2.10. The summed E-state index contributed by atoms with van der Waals surface area (Å²) in [5.41, 5.74) is 1.35. The lowest BCUT2D eigenvalue weighted by Gasteiger charge is -2.37. The van der Waals surface area contributed by atoms with Crippen molar-refractivity contribution in [2.24, 2.45) is 0 Å². The van der Waals surface area contributed by atoms with Gasteiger partial charge < -0.3 is 5.32 Å². The van der Waals surface area contributed by atoms with Crippen molar-refractivity contribution in [3.8, 4) is 0 Å². The van der Waals surface area contributed by atoms with Crippen molar-refractivity contribution in [3.05, 3.63) is 18.0 Å². The van der Waals surface area contributed by atoms with Crippen molar-refractivity contribution in [2.45, 2.75) is 32.5 Å². The number of rotatable bonds is 4. The zero-order chi connectivity index (χ0) is 13.1. The third-order valence-electron chi connectivity index (χ3n) is 4.45. The zero-order valence-electron chi connectivity index (χ0n) is 11.9. The minimum Gasteiger partial charge on any atom is -0.315 e. The SMILES string of the molecule is CCn1nccc1CN1CCN(C2CCNC2)CC1. The van der Waals surface area contributed by atoms with Crippen LogP contribution < -0.4 is 5.32 Å². The van der Waals surface area contributed by atoms with E-state index in [4.69, 9.17) is 0 Å². The van der Waals surface area contributed by atoms with Gasteiger partial charge in [-0.2, -0.15) is 5.10 Å². The maximum absolute atomic E-state index is 4.35. The van der Waals surface area contributed by atoms with Crippen molar-refractivity contribution in [1.82, 2.24) is 24.9 Å². The molecule has 1 aromatic heterocycles. The van der Waals surface area contributed by atoms with E-state index < -0.39 is 0 Å². The predicted molar refractivity (Wildman–Crippen MR) is 76.0 cm³/mol. The van der Waals surface area contributed by atoms with Crippen molar-refractivity contribution >= 4 is 0 Å². The number of piperazine rings is 1. The van der Waals surface area contributed by atoms with Gasteiger partial charge in [-0.1, -0.05) is 0 Å². The Hall–Kier alpha value is -0.910. The molecule has 106 valence electrons. The molecule has 5 heteroatoms. The molecule has 1 atom stereocenters. The van der Waals surface area contributed by atoms with Crippen LogP contribution in [0.15, 0.2) is 12.3 Å². The molecule has 19 heavy (non-hydrogen) atoms. The van der Waals surface area contributed by atoms with Gasteiger partial charge in [0.2, 0.25) is 0 Å². The fourth-order valence-corrected chi connectivity index (χ4v) is 3.25. The summed E-state index contributed by atoms with van der Waals surface area (Å²) in [5, 5.41) is 7.81. The summed E-state index contributed by atoms with van der Waals surface area (Å²) >= 11 is 0. The Labute approximate surface area is 115 Å². The first-order chi connectivity index (χ1) is 9.36. The lowest BCUT2D eigenvalue weighted by Crippen LogP contribution is -2.50. The van der Waals surface area contributed by atoms with Crippen molar-refractivity contribution in [2.75, 3.05) is 39.3 Å². The van der Waals surface area contributed by atoms with Crippen LogP contribution in [0, 0.1) is 0 Å². The molecule has 1 aromatic rings. The van der Waals surface area contributed by atoms with Crippen LogP contribution >= 0.6 is 0 Å². The third-order valence-corrected chi connectivity index (χ3v) is 4.45. The fraction of sp³-hybridized carbons (Fsp3) is 0.786. The molecule has 1 N–H and O–H groups in total. The number of nitrogens with zero attached hydrogens (tertiary/aromatic N) is 4. The van der Waals surface area contributed by atoms with Gasteiger partial charge in [0.25, 0.3) is 0 Å². The summed E-state index contributed by atoms with van der Waals surface area (Å²) in [6.45, 7) is 11.3. The summed E-state index contributed by atoms with van der Waals surface area (Å²) in [5.74, 6) is 0. The van der Waals surface area contributed by atoms with Crippen LogP contribution in [0.2, 0.25) is 0 Å². The molecule has 2 fully saturated rings. The Morgan fingerprint density at radius 3 is 2.84 bits per heavy atom. The molecule has 0 aliphatic carbocycles. The Morgan fingerprint density at radius 1 is 1.32 bits per heavy atom. The van der Waals surface area contributed by atoms with E-state index in [9.17, 15) is 0 Å². The Morgan fingerprint density at radius 2 is 2.16 bits per heavy atom. The monoisotopic (exact) mass is 263 g/mol. The van der Waals surface area contributed by atoms with Gasteiger partial charge in [-0.25, -0.2) is 0 Å². The molecular weight excluding hydrogens is 238 g/mol. The molecule has 3 heterocycles. The minimum atomic E-state index is 0.781. The molecule has 2 aliphatic heterocycles. The summed E-state index contributed by atoms with van der Waals surface area (Å²) in [7, 11) is 0. The highest BCUT2D eigenvalue weighted by Gasteiger charge is 2.26. The lowest BCUT2D eigenvalue weighted by atomic mass is 10.2. The van der Waals surface area contributed by atoms with E-state index in [1.165, 1.54) is 51.4 Å². The second kappa shape index (κ2) is 6.03. The molecule has 2 aliphatic rings. The van der Waals surface area contributed by atoms with E-state index in [1.807, 2.05) is 6.20 Å². The van der Waals surface area contributed by atoms with Crippen molar-refractivity contribution < 1.29 is 0 Å². The fourth-order valence-electron chi connectivity index (χ4n) is 3.25. The number of aromatic nitrogens is 2. The second-order valence-electron chi connectivity index (χ2n) is 5.60. The van der Waals surface area contributed by atoms with Crippen LogP contribution in [0.25, 0.3) is 0 Å². The van der Waals surface area contributed by atoms with Crippen LogP contribution in [0.5, 0.6) is 0 Å². The number of nitrogens with one attached hydrogen (secondary N) is 1. The number of hydrogen-bond acceptors (Lipinski definition) is 4. The molecule has 0 spiro atoms. The summed E-state index contributed by atoms with van der Waals surface area (Å²) in [4.78, 5) is 5.22. The van der Waals surface area contributed by atoms with E-state index in [0.717, 1.165) is 19.1 Å². The van der Waals surface area contributed by atoms with Gasteiger partial charge in [0.05, 0.1) is 5.69 Å². The maximum atomic E-state index is 4.35. The Balaban J connectivity index is 1.50. The van der Waals surface area contributed by atoms with Crippen LogP contribution in [0.4, 0.5) is 0 Å². The molecule has 1 unspecified atom stereocenters. The maximum Gasteiger partial charge on any atom is 0.0524 e. The number of hydrogen-bond donors (Lipinski definition) is 1. The van der Waals surface area contributed by atoms with Crippen LogP contribution in [0.1, 0.15) is 19.0 Å². The molecule has 0 aromatic carbocycles. The first kappa shape index (κ1) is 13.1. The molecule has 2 saturated heterocycles. The first-order valence-electron chi connectivity index (χ1n) is 7.54. The highest BCUT2D eigenvalue weighted by atomic mass is 15.3. The van der Waals surface area contributed by atoms with Crippen LogP contribution in [-0.2, 0) is 13.1 Å². The molecule has 0 saturated carbocycles. The number of aryl methyl sites for hydroxylation is 1. The van der Waals surface area contributed by atoms with Gasteiger partial charge >= 0.3 is 0 Å². The molecule has 0 bridgehead atoms. The van der Waals surface area contributed by atoms with Gasteiger partial charge in [-0.05, 0) is 26.0 Å². The predicted octanol–water partition coefficient (Wildman–Crippen LogP) is 0.383. The highest BCUT2D eigenvalue weighted by Crippen LogP contribution is 2.13. The molecule has 3 rings (SSSR count). The topological polar surface area (TPSA) is 36.3 Å². The standard InChI is InChI=1S/C14H25N5/c1-2-19-14(4-6-16-19)12-17-7-9-18(10-8-17)13-3-5-15-11-13/h4,6,13,15H,2-3,5,7-12H2,1H3. The average molecular weight is 263 g/mol. The highest BCUT2D eigenvalue weighted by molar-refractivity contribution is 5.00. The quantitative estimate of drug-likeness (QED) is 0.852. The molecule has 5 nitrogen and oxygen atoms in total. The van der Waals surface area contributed by atoms with E-state index >= 15 is 0 Å². The van der Waals surface area contributed by atoms with E-state index in [1.54, 1.807) is 0 Å². The first-order valence-corrected chi connectivity index (χ1v) is 7.54. The van der Waals surface area contributed by atoms with Gasteiger partial charge in [0.1, 0.15) is 0 Å². The zero-order valence-corrected chi connectivity index (χ0v) is 11.9.